The van der Waals surface area contributed by atoms with Crippen molar-refractivity contribution >= 4 is 5.91 Å². The van der Waals surface area contributed by atoms with Crippen molar-refractivity contribution in [1.29, 1.82) is 0 Å². The standard InChI is InChI=1S/C19H22N2O2/c1-3-23-18-8-4-15(5-9-18)13-21(17-6-7-17)19(22)16-10-14(2)11-20-12-16/h4-5,8-12,17H,3,6-7,13H2,1-2H3. The van der Waals surface area contributed by atoms with E-state index in [0.717, 1.165) is 29.7 Å². The van der Waals surface area contributed by atoms with Gasteiger partial charge in [-0.3, -0.25) is 9.78 Å². The van der Waals surface area contributed by atoms with Gasteiger partial charge in [-0.25, -0.2) is 0 Å². The molecule has 4 nitrogen and oxygen atoms in total. The lowest BCUT2D eigenvalue weighted by Crippen LogP contribution is -2.32. The Bertz CT molecular complexity index is 678. The topological polar surface area (TPSA) is 42.4 Å². The van der Waals surface area contributed by atoms with Crippen molar-refractivity contribution in [2.75, 3.05) is 6.61 Å². The van der Waals surface area contributed by atoms with Gasteiger partial charge in [-0.05, 0) is 56.0 Å². The lowest BCUT2D eigenvalue weighted by Gasteiger charge is -2.23. The number of aromatic nitrogens is 1. The normalized spacial score (nSPS) is 13.7. The zero-order valence-electron chi connectivity index (χ0n) is 13.7. The van der Waals surface area contributed by atoms with E-state index >= 15 is 0 Å². The summed E-state index contributed by atoms with van der Waals surface area (Å²) in [6.07, 6.45) is 5.59. The third kappa shape index (κ3) is 3.89. The van der Waals surface area contributed by atoms with Crippen molar-refractivity contribution in [3.63, 3.8) is 0 Å². The number of carbonyl (C=O) groups excluding carboxylic acids is 1. The van der Waals surface area contributed by atoms with Crippen molar-refractivity contribution < 1.29 is 9.53 Å². The second-order valence-electron chi connectivity index (χ2n) is 5.99. The van der Waals surface area contributed by atoms with Crippen LogP contribution in [0.1, 0.15) is 41.3 Å². The Morgan fingerprint density at radius 2 is 2.00 bits per heavy atom. The van der Waals surface area contributed by atoms with Gasteiger partial charge >= 0.3 is 0 Å². The number of benzene rings is 1. The number of ether oxygens (including phenoxy) is 1. The zero-order valence-corrected chi connectivity index (χ0v) is 13.7. The summed E-state index contributed by atoms with van der Waals surface area (Å²) in [5.41, 5.74) is 2.80. The fourth-order valence-electron chi connectivity index (χ4n) is 2.65. The van der Waals surface area contributed by atoms with Crippen LogP contribution in [0.15, 0.2) is 42.7 Å². The Morgan fingerprint density at radius 1 is 1.26 bits per heavy atom. The van der Waals surface area contributed by atoms with Gasteiger partial charge in [-0.2, -0.15) is 0 Å². The number of pyridine rings is 1. The maximum absolute atomic E-state index is 12.8. The van der Waals surface area contributed by atoms with E-state index in [1.54, 1.807) is 12.4 Å². The van der Waals surface area contributed by atoms with Crippen molar-refractivity contribution in [2.45, 2.75) is 39.3 Å². The van der Waals surface area contributed by atoms with Crippen LogP contribution in [0.3, 0.4) is 0 Å². The molecule has 0 aliphatic heterocycles. The molecule has 0 atom stereocenters. The van der Waals surface area contributed by atoms with Crippen LogP contribution in [-0.4, -0.2) is 28.4 Å². The molecule has 120 valence electrons. The van der Waals surface area contributed by atoms with Gasteiger partial charge in [0.25, 0.3) is 5.91 Å². The highest BCUT2D eigenvalue weighted by molar-refractivity contribution is 5.94. The molecule has 1 aliphatic rings. The van der Waals surface area contributed by atoms with E-state index in [4.69, 9.17) is 4.74 Å². The molecule has 23 heavy (non-hydrogen) atoms. The number of carbonyl (C=O) groups is 1. The fraction of sp³-hybridized carbons (Fsp3) is 0.368. The molecule has 1 aliphatic carbocycles. The minimum Gasteiger partial charge on any atom is -0.494 e. The number of aryl methyl sites for hydroxylation is 1. The average Bonchev–Trinajstić information content (AvgIpc) is 3.38. The highest BCUT2D eigenvalue weighted by Crippen LogP contribution is 2.30. The van der Waals surface area contributed by atoms with Gasteiger partial charge in [0.1, 0.15) is 5.75 Å². The molecule has 4 heteroatoms. The van der Waals surface area contributed by atoms with Crippen LogP contribution in [0.5, 0.6) is 5.75 Å². The summed E-state index contributed by atoms with van der Waals surface area (Å²) in [6, 6.07) is 10.2. The number of nitrogens with zero attached hydrogens (tertiary/aromatic N) is 2. The number of amides is 1. The minimum atomic E-state index is 0.0672. The SMILES string of the molecule is CCOc1ccc(CN(C(=O)c2cncc(C)c2)C2CC2)cc1. The van der Waals surface area contributed by atoms with Gasteiger partial charge in [0, 0.05) is 25.0 Å². The summed E-state index contributed by atoms with van der Waals surface area (Å²) in [6.45, 7) is 5.21. The largest absolute Gasteiger partial charge is 0.494 e. The van der Waals surface area contributed by atoms with Crippen LogP contribution in [0.2, 0.25) is 0 Å². The molecule has 1 aromatic carbocycles. The summed E-state index contributed by atoms with van der Waals surface area (Å²) in [4.78, 5) is 18.9. The number of hydrogen-bond acceptors (Lipinski definition) is 3. The maximum atomic E-state index is 12.8. The summed E-state index contributed by atoms with van der Waals surface area (Å²) >= 11 is 0. The van der Waals surface area contributed by atoms with E-state index in [2.05, 4.69) is 4.98 Å². The molecular formula is C19H22N2O2. The fourth-order valence-corrected chi connectivity index (χ4v) is 2.65. The van der Waals surface area contributed by atoms with Crippen molar-refractivity contribution in [3.05, 3.63) is 59.4 Å². The van der Waals surface area contributed by atoms with E-state index in [-0.39, 0.29) is 5.91 Å². The predicted molar refractivity (Wildman–Crippen MR) is 89.5 cm³/mol. The van der Waals surface area contributed by atoms with Crippen LogP contribution in [0.4, 0.5) is 0 Å². The molecule has 0 N–H and O–H groups in total. The monoisotopic (exact) mass is 310 g/mol. The molecule has 1 fully saturated rings. The van der Waals surface area contributed by atoms with E-state index in [0.29, 0.717) is 24.8 Å². The maximum Gasteiger partial charge on any atom is 0.255 e. The zero-order chi connectivity index (χ0) is 16.2. The predicted octanol–water partition coefficient (Wildman–Crippen LogP) is 3.59. The van der Waals surface area contributed by atoms with Crippen molar-refractivity contribution in [2.24, 2.45) is 0 Å². The van der Waals surface area contributed by atoms with E-state index < -0.39 is 0 Å². The molecule has 0 radical (unpaired) electrons. The third-order valence-corrected chi connectivity index (χ3v) is 3.96. The number of rotatable bonds is 6. The summed E-state index contributed by atoms with van der Waals surface area (Å²) in [5, 5.41) is 0. The second-order valence-corrected chi connectivity index (χ2v) is 5.99. The summed E-state index contributed by atoms with van der Waals surface area (Å²) < 4.78 is 5.47. The third-order valence-electron chi connectivity index (χ3n) is 3.96. The molecule has 0 bridgehead atoms. The van der Waals surface area contributed by atoms with Crippen LogP contribution in [0, 0.1) is 6.92 Å². The molecule has 3 rings (SSSR count). The summed E-state index contributed by atoms with van der Waals surface area (Å²) in [5.74, 6) is 0.931. The van der Waals surface area contributed by atoms with Gasteiger partial charge in [-0.15, -0.1) is 0 Å². The molecule has 0 saturated heterocycles. The Labute approximate surface area is 137 Å². The molecule has 1 saturated carbocycles. The lowest BCUT2D eigenvalue weighted by atomic mass is 10.1. The average molecular weight is 310 g/mol. The Morgan fingerprint density at radius 3 is 2.61 bits per heavy atom. The smallest absolute Gasteiger partial charge is 0.255 e. The van der Waals surface area contributed by atoms with Gasteiger partial charge in [0.2, 0.25) is 0 Å². The first-order valence-corrected chi connectivity index (χ1v) is 8.11. The van der Waals surface area contributed by atoms with Crippen LogP contribution < -0.4 is 4.74 Å². The summed E-state index contributed by atoms with van der Waals surface area (Å²) in [7, 11) is 0. The first kappa shape index (κ1) is 15.5. The van der Waals surface area contributed by atoms with Crippen LogP contribution in [0.25, 0.3) is 0 Å². The molecule has 0 spiro atoms. The first-order valence-electron chi connectivity index (χ1n) is 8.11. The van der Waals surface area contributed by atoms with Gasteiger partial charge in [0.15, 0.2) is 0 Å². The lowest BCUT2D eigenvalue weighted by molar-refractivity contribution is 0.0729. The van der Waals surface area contributed by atoms with Gasteiger partial charge in [-0.1, -0.05) is 12.1 Å². The van der Waals surface area contributed by atoms with Crippen molar-refractivity contribution in [1.82, 2.24) is 9.88 Å². The van der Waals surface area contributed by atoms with E-state index in [1.807, 2.05) is 49.1 Å². The second kappa shape index (κ2) is 6.82. The van der Waals surface area contributed by atoms with E-state index in [9.17, 15) is 4.79 Å². The van der Waals surface area contributed by atoms with Crippen LogP contribution >= 0.6 is 0 Å². The molecule has 0 unspecified atom stereocenters. The van der Waals surface area contributed by atoms with Crippen molar-refractivity contribution in [3.8, 4) is 5.75 Å². The van der Waals surface area contributed by atoms with E-state index in [1.165, 1.54) is 0 Å². The number of hydrogen-bond donors (Lipinski definition) is 0. The quantitative estimate of drug-likeness (QED) is 0.819. The minimum absolute atomic E-state index is 0.0672. The molecule has 1 heterocycles. The Kier molecular flexibility index (Phi) is 4.60. The molecule has 1 aromatic heterocycles. The first-order chi connectivity index (χ1) is 11.2. The van der Waals surface area contributed by atoms with Gasteiger partial charge < -0.3 is 9.64 Å². The van der Waals surface area contributed by atoms with Gasteiger partial charge in [0.05, 0.1) is 12.2 Å². The highest BCUT2D eigenvalue weighted by atomic mass is 16.5. The Hall–Kier alpha value is -2.36. The molecular weight excluding hydrogens is 288 g/mol. The highest BCUT2D eigenvalue weighted by Gasteiger charge is 2.33. The molecule has 2 aromatic rings. The Balaban J connectivity index is 1.75. The van der Waals surface area contributed by atoms with Crippen LogP contribution in [-0.2, 0) is 6.54 Å². The molecule has 1 amide bonds.